The first-order valence-electron chi connectivity index (χ1n) is 9.54. The van der Waals surface area contributed by atoms with Crippen LogP contribution in [0.2, 0.25) is 0 Å². The first-order valence-corrected chi connectivity index (χ1v) is 9.54. The summed E-state index contributed by atoms with van der Waals surface area (Å²) in [6.45, 7) is 4.78. The highest BCUT2D eigenvalue weighted by Gasteiger charge is 2.17. The molecule has 150 valence electrons. The van der Waals surface area contributed by atoms with Gasteiger partial charge in [0.2, 0.25) is 11.8 Å². The largest absolute Gasteiger partial charge is 0.441 e. The van der Waals surface area contributed by atoms with Crippen LogP contribution in [-0.4, -0.2) is 37.2 Å². The number of morpholine rings is 1. The SMILES string of the molecule is Cc1oc(-c2ccccc2F)nc1CC(=O)Nc1cccc(N2CCOCC2)c1. The normalized spacial score (nSPS) is 14.1. The van der Waals surface area contributed by atoms with E-state index >= 15 is 0 Å². The monoisotopic (exact) mass is 395 g/mol. The number of hydrogen-bond acceptors (Lipinski definition) is 5. The van der Waals surface area contributed by atoms with Crippen molar-refractivity contribution in [3.8, 4) is 11.5 Å². The summed E-state index contributed by atoms with van der Waals surface area (Å²) in [6.07, 6.45) is 0.0472. The number of carbonyl (C=O) groups excluding carboxylic acids is 1. The third kappa shape index (κ3) is 4.46. The lowest BCUT2D eigenvalue weighted by molar-refractivity contribution is -0.115. The number of halogens is 1. The first kappa shape index (κ1) is 19.1. The molecule has 3 aromatic rings. The predicted molar refractivity (Wildman–Crippen MR) is 108 cm³/mol. The van der Waals surface area contributed by atoms with E-state index in [0.29, 0.717) is 24.7 Å². The van der Waals surface area contributed by atoms with Gasteiger partial charge >= 0.3 is 0 Å². The molecule has 1 amide bonds. The average Bonchev–Trinajstić information content (AvgIpc) is 3.09. The minimum atomic E-state index is -0.412. The Balaban J connectivity index is 1.45. The second kappa shape index (κ2) is 8.45. The standard InChI is InChI=1S/C22H22FN3O3/c1-15-20(25-22(29-15)18-7-2-3-8-19(18)23)14-21(27)24-16-5-4-6-17(13-16)26-9-11-28-12-10-26/h2-8,13H,9-12,14H2,1H3,(H,24,27). The fourth-order valence-corrected chi connectivity index (χ4v) is 3.30. The molecule has 4 rings (SSSR count). The highest BCUT2D eigenvalue weighted by molar-refractivity contribution is 5.92. The van der Waals surface area contributed by atoms with Gasteiger partial charge < -0.3 is 19.4 Å². The molecule has 0 radical (unpaired) electrons. The molecule has 0 spiro atoms. The number of oxazole rings is 1. The van der Waals surface area contributed by atoms with E-state index in [0.717, 1.165) is 24.5 Å². The zero-order valence-corrected chi connectivity index (χ0v) is 16.2. The van der Waals surface area contributed by atoms with E-state index < -0.39 is 5.82 Å². The molecule has 0 atom stereocenters. The summed E-state index contributed by atoms with van der Waals surface area (Å²) in [5.74, 6) is 0.0588. The molecule has 1 aliphatic rings. The number of anilines is 2. The van der Waals surface area contributed by atoms with Crippen molar-refractivity contribution in [3.63, 3.8) is 0 Å². The Morgan fingerprint density at radius 1 is 1.17 bits per heavy atom. The molecule has 6 nitrogen and oxygen atoms in total. The molecule has 7 heteroatoms. The molecule has 1 aromatic heterocycles. The third-order valence-corrected chi connectivity index (χ3v) is 4.83. The number of amides is 1. The van der Waals surface area contributed by atoms with Crippen molar-refractivity contribution in [3.05, 3.63) is 65.8 Å². The second-order valence-corrected chi connectivity index (χ2v) is 6.88. The number of aromatic nitrogens is 1. The molecule has 0 unspecified atom stereocenters. The summed E-state index contributed by atoms with van der Waals surface area (Å²) in [6, 6.07) is 14.0. The van der Waals surface area contributed by atoms with Crippen LogP contribution in [0.5, 0.6) is 0 Å². The molecule has 2 heterocycles. The van der Waals surface area contributed by atoms with Crippen LogP contribution < -0.4 is 10.2 Å². The van der Waals surface area contributed by atoms with Gasteiger partial charge in [0.05, 0.1) is 30.9 Å². The molecular formula is C22H22FN3O3. The topological polar surface area (TPSA) is 67.6 Å². The van der Waals surface area contributed by atoms with Gasteiger partial charge in [0.15, 0.2) is 0 Å². The molecule has 0 saturated carbocycles. The van der Waals surface area contributed by atoms with Crippen molar-refractivity contribution in [2.75, 3.05) is 36.5 Å². The summed E-state index contributed by atoms with van der Waals surface area (Å²) < 4.78 is 24.9. The van der Waals surface area contributed by atoms with Crippen LogP contribution in [0.25, 0.3) is 11.5 Å². The second-order valence-electron chi connectivity index (χ2n) is 6.88. The van der Waals surface area contributed by atoms with E-state index in [4.69, 9.17) is 9.15 Å². The summed E-state index contributed by atoms with van der Waals surface area (Å²) in [7, 11) is 0. The third-order valence-electron chi connectivity index (χ3n) is 4.83. The number of hydrogen-bond donors (Lipinski definition) is 1. The number of nitrogens with zero attached hydrogens (tertiary/aromatic N) is 2. The van der Waals surface area contributed by atoms with Crippen LogP contribution in [0.1, 0.15) is 11.5 Å². The molecule has 1 fully saturated rings. The van der Waals surface area contributed by atoms with Crippen molar-refractivity contribution in [1.82, 2.24) is 4.98 Å². The highest BCUT2D eigenvalue weighted by atomic mass is 19.1. The number of aryl methyl sites for hydroxylation is 1. The van der Waals surface area contributed by atoms with Crippen molar-refractivity contribution < 1.29 is 18.3 Å². The van der Waals surface area contributed by atoms with Crippen LogP contribution in [0.4, 0.5) is 15.8 Å². The van der Waals surface area contributed by atoms with E-state index in [1.165, 1.54) is 6.07 Å². The molecule has 0 bridgehead atoms. The molecule has 1 saturated heterocycles. The minimum Gasteiger partial charge on any atom is -0.441 e. The summed E-state index contributed by atoms with van der Waals surface area (Å²) >= 11 is 0. The number of nitrogens with one attached hydrogen (secondary N) is 1. The van der Waals surface area contributed by atoms with E-state index in [1.807, 2.05) is 24.3 Å². The first-order chi connectivity index (χ1) is 14.1. The van der Waals surface area contributed by atoms with Crippen LogP contribution in [0, 0.1) is 12.7 Å². The number of benzene rings is 2. The van der Waals surface area contributed by atoms with E-state index in [2.05, 4.69) is 15.2 Å². The summed E-state index contributed by atoms with van der Waals surface area (Å²) in [5.41, 5.74) is 2.53. The molecule has 29 heavy (non-hydrogen) atoms. The maximum absolute atomic E-state index is 14.0. The van der Waals surface area contributed by atoms with Gasteiger partial charge in [-0.2, -0.15) is 0 Å². The van der Waals surface area contributed by atoms with Gasteiger partial charge in [0, 0.05) is 24.5 Å². The molecule has 2 aromatic carbocycles. The van der Waals surface area contributed by atoms with Gasteiger partial charge in [-0.05, 0) is 37.3 Å². The van der Waals surface area contributed by atoms with E-state index in [9.17, 15) is 9.18 Å². The van der Waals surface area contributed by atoms with Crippen LogP contribution in [0.15, 0.2) is 52.9 Å². The van der Waals surface area contributed by atoms with Crippen molar-refractivity contribution in [1.29, 1.82) is 0 Å². The van der Waals surface area contributed by atoms with Crippen molar-refractivity contribution in [2.24, 2.45) is 0 Å². The maximum Gasteiger partial charge on any atom is 0.230 e. The van der Waals surface area contributed by atoms with Gasteiger partial charge in [-0.1, -0.05) is 18.2 Å². The number of ether oxygens (including phenoxy) is 1. The highest BCUT2D eigenvalue weighted by Crippen LogP contribution is 2.25. The van der Waals surface area contributed by atoms with Crippen molar-refractivity contribution >= 4 is 17.3 Å². The Morgan fingerprint density at radius 3 is 2.76 bits per heavy atom. The average molecular weight is 395 g/mol. The molecule has 1 N–H and O–H groups in total. The van der Waals surface area contributed by atoms with Gasteiger partial charge in [0.25, 0.3) is 0 Å². The Hall–Kier alpha value is -3.19. The van der Waals surface area contributed by atoms with Gasteiger partial charge in [-0.15, -0.1) is 0 Å². The maximum atomic E-state index is 14.0. The Labute approximate surface area is 168 Å². The minimum absolute atomic E-state index is 0.0472. The Morgan fingerprint density at radius 2 is 1.97 bits per heavy atom. The Bertz CT molecular complexity index is 1010. The number of rotatable bonds is 5. The smallest absolute Gasteiger partial charge is 0.230 e. The van der Waals surface area contributed by atoms with Gasteiger partial charge in [-0.3, -0.25) is 4.79 Å². The lowest BCUT2D eigenvalue weighted by Gasteiger charge is -2.29. The zero-order valence-electron chi connectivity index (χ0n) is 16.2. The number of carbonyl (C=O) groups is 1. The lowest BCUT2D eigenvalue weighted by atomic mass is 10.2. The Kier molecular flexibility index (Phi) is 5.57. The summed E-state index contributed by atoms with van der Waals surface area (Å²) in [5, 5.41) is 2.90. The molecule has 1 aliphatic heterocycles. The van der Waals surface area contributed by atoms with Crippen LogP contribution >= 0.6 is 0 Å². The lowest BCUT2D eigenvalue weighted by Crippen LogP contribution is -2.36. The van der Waals surface area contributed by atoms with Crippen molar-refractivity contribution in [2.45, 2.75) is 13.3 Å². The summed E-state index contributed by atoms with van der Waals surface area (Å²) in [4.78, 5) is 19.1. The zero-order chi connectivity index (χ0) is 20.2. The van der Waals surface area contributed by atoms with E-state index in [-0.39, 0.29) is 23.8 Å². The van der Waals surface area contributed by atoms with Crippen LogP contribution in [-0.2, 0) is 16.0 Å². The van der Waals surface area contributed by atoms with E-state index in [1.54, 1.807) is 25.1 Å². The van der Waals surface area contributed by atoms with Crippen LogP contribution in [0.3, 0.4) is 0 Å². The van der Waals surface area contributed by atoms with Gasteiger partial charge in [-0.25, -0.2) is 9.37 Å². The quantitative estimate of drug-likeness (QED) is 0.712. The van der Waals surface area contributed by atoms with Gasteiger partial charge in [0.1, 0.15) is 11.6 Å². The predicted octanol–water partition coefficient (Wildman–Crippen LogP) is 3.81. The fourth-order valence-electron chi connectivity index (χ4n) is 3.30. The fraction of sp³-hybridized carbons (Fsp3) is 0.273. The molecular weight excluding hydrogens is 373 g/mol. The molecule has 0 aliphatic carbocycles.